The molecule has 83 heavy (non-hydrogen) atoms. The molecule has 5 nitrogen and oxygen atoms in total. The van der Waals surface area contributed by atoms with Crippen molar-refractivity contribution in [2.45, 2.75) is 131 Å². The van der Waals surface area contributed by atoms with Crippen molar-refractivity contribution in [1.29, 1.82) is 0 Å². The van der Waals surface area contributed by atoms with Crippen LogP contribution in [0.2, 0.25) is 0 Å². The van der Waals surface area contributed by atoms with Crippen LogP contribution in [0.15, 0.2) is 212 Å². The first-order valence-electron chi connectivity index (χ1n) is 30.4. The fourth-order valence-corrected chi connectivity index (χ4v) is 17.0. The highest BCUT2D eigenvalue weighted by molar-refractivity contribution is 6.09. The molecule has 3 aliphatic rings. The topological polar surface area (TPSA) is 33.5 Å². The van der Waals surface area contributed by atoms with Crippen molar-refractivity contribution in [2.24, 2.45) is 21.7 Å². The number of para-hydroxylation sites is 3. The number of aromatic nitrogens is 2. The Morgan fingerprint density at radius 2 is 0.928 bits per heavy atom. The van der Waals surface area contributed by atoms with E-state index in [9.17, 15) is 0 Å². The van der Waals surface area contributed by atoms with Crippen LogP contribution in [-0.4, -0.2) is 16.2 Å². The van der Waals surface area contributed by atoms with Gasteiger partial charge in [-0.05, 0) is 171 Å². The van der Waals surface area contributed by atoms with Crippen LogP contribution in [-0.2, 0) is 16.2 Å². The summed E-state index contributed by atoms with van der Waals surface area (Å²) in [5.74, 6) is 2.46. The van der Waals surface area contributed by atoms with Crippen molar-refractivity contribution >= 4 is 44.6 Å². The van der Waals surface area contributed by atoms with Crippen LogP contribution >= 0.6 is 0 Å². The summed E-state index contributed by atoms with van der Waals surface area (Å²) in [5, 5.41) is 2.35. The normalized spacial score (nSPS) is 18.5. The third kappa shape index (κ3) is 9.92. The van der Waals surface area contributed by atoms with E-state index in [2.05, 4.69) is 297 Å². The molecular formula is C78H82N4O. The average Bonchev–Trinajstić information content (AvgIpc) is 1.53. The van der Waals surface area contributed by atoms with Crippen LogP contribution in [0.25, 0.3) is 38.8 Å². The number of ether oxygens (including phenoxy) is 1. The summed E-state index contributed by atoms with van der Waals surface area (Å²) in [6.45, 7) is 27.7. The molecular weight excluding hydrogens is 1010 g/mol. The molecule has 1 aliphatic heterocycles. The zero-order chi connectivity index (χ0) is 57.7. The maximum Gasteiger partial charge on any atom is 0.137 e. The third-order valence-corrected chi connectivity index (χ3v) is 18.8. The minimum absolute atomic E-state index is 0.0254. The Labute approximate surface area is 494 Å². The smallest absolute Gasteiger partial charge is 0.137 e. The van der Waals surface area contributed by atoms with E-state index in [1.807, 2.05) is 6.20 Å². The SMILES string of the molecule is CC1(C)CC(C)(C)CC(c2ccccc2)(c2cc(-c3ccccc3)cc(C3(c4ccccc4)CC(C)(C)CC(C)(C)C3)c2N2CN(c3cccc(Oc4ccc5c6ccccc6n(-c6cc(C(C)(C)C)ccn6)c5c4)c3)c3ccccc32)C1. The average molecular weight is 1090 g/mol. The van der Waals surface area contributed by atoms with Gasteiger partial charge < -0.3 is 14.5 Å². The summed E-state index contributed by atoms with van der Waals surface area (Å²) in [5.41, 5.74) is 15.9. The number of hydrogen-bond acceptors (Lipinski definition) is 4. The molecule has 2 aromatic heterocycles. The number of rotatable bonds is 10. The lowest BCUT2D eigenvalue weighted by atomic mass is 9.49. The highest BCUT2D eigenvalue weighted by atomic mass is 16.5. The number of hydrogen-bond donors (Lipinski definition) is 0. The van der Waals surface area contributed by atoms with E-state index in [4.69, 9.17) is 9.72 Å². The Bertz CT molecular complexity index is 3910. The Hall–Kier alpha value is -7.89. The quantitative estimate of drug-likeness (QED) is 0.137. The summed E-state index contributed by atoms with van der Waals surface area (Å²) < 4.78 is 9.33. The van der Waals surface area contributed by atoms with Crippen molar-refractivity contribution in [3.8, 4) is 28.4 Å². The molecule has 0 N–H and O–H groups in total. The van der Waals surface area contributed by atoms with E-state index in [0.717, 1.165) is 77.9 Å². The monoisotopic (exact) mass is 1090 g/mol. The molecule has 10 aromatic rings. The Morgan fingerprint density at radius 3 is 1.51 bits per heavy atom. The van der Waals surface area contributed by atoms with Crippen molar-refractivity contribution < 1.29 is 4.74 Å². The van der Waals surface area contributed by atoms with Crippen LogP contribution in [0.1, 0.15) is 143 Å². The first-order valence-corrected chi connectivity index (χ1v) is 30.4. The van der Waals surface area contributed by atoms with Gasteiger partial charge in [-0.3, -0.25) is 4.57 Å². The number of fused-ring (bicyclic) bond motifs is 4. The first kappa shape index (κ1) is 54.4. The Kier molecular flexibility index (Phi) is 13.0. The van der Waals surface area contributed by atoms with Crippen molar-refractivity contribution in [1.82, 2.24) is 9.55 Å². The lowest BCUT2D eigenvalue weighted by Crippen LogP contribution is -2.48. The maximum atomic E-state index is 7.03. The molecule has 0 spiro atoms. The van der Waals surface area contributed by atoms with E-state index >= 15 is 0 Å². The molecule has 5 heteroatoms. The molecule has 0 amide bonds. The van der Waals surface area contributed by atoms with E-state index in [1.54, 1.807) is 0 Å². The van der Waals surface area contributed by atoms with Crippen LogP contribution < -0.4 is 14.5 Å². The van der Waals surface area contributed by atoms with Gasteiger partial charge in [-0.2, -0.15) is 0 Å². The van der Waals surface area contributed by atoms with Crippen LogP contribution in [0, 0.1) is 21.7 Å². The van der Waals surface area contributed by atoms with Gasteiger partial charge in [0, 0.05) is 45.6 Å². The van der Waals surface area contributed by atoms with Gasteiger partial charge in [-0.25, -0.2) is 4.98 Å². The molecule has 420 valence electrons. The molecule has 0 atom stereocenters. The summed E-state index contributed by atoms with van der Waals surface area (Å²) >= 11 is 0. The van der Waals surface area contributed by atoms with E-state index in [1.165, 1.54) is 61.4 Å². The van der Waals surface area contributed by atoms with Gasteiger partial charge in [0.15, 0.2) is 0 Å². The standard InChI is InChI=1S/C78H82N4O/c1-72(2,3)58-40-41-79-70(44-58)82-66-35-22-21-34-62(66)63-39-38-61(46-69(63)82)83-60-33-25-32-59(45-60)80-53-81(68-37-24-23-36-67(68)80)71-64(77(56-28-17-13-18-29-56)49-73(4,5)47-74(6,7)50-77)42-55(54-26-15-12-16-27-54)43-65(71)78(57-30-19-14-20-31-57)51-75(8,9)48-76(10,11)52-78/h12-46H,47-53H2,1-11H3. The lowest BCUT2D eigenvalue weighted by Gasteiger charge is -2.56. The summed E-state index contributed by atoms with van der Waals surface area (Å²) in [7, 11) is 0. The second-order valence-electron chi connectivity index (χ2n) is 29.2. The summed E-state index contributed by atoms with van der Waals surface area (Å²) in [6.07, 6.45) is 8.36. The molecule has 0 bridgehead atoms. The van der Waals surface area contributed by atoms with Crippen LogP contribution in [0.3, 0.4) is 0 Å². The minimum atomic E-state index is -0.340. The summed E-state index contributed by atoms with van der Waals surface area (Å²) in [4.78, 5) is 10.2. The van der Waals surface area contributed by atoms with Crippen molar-refractivity contribution in [3.63, 3.8) is 0 Å². The van der Waals surface area contributed by atoms with Gasteiger partial charge in [0.1, 0.15) is 24.0 Å². The predicted octanol–water partition coefficient (Wildman–Crippen LogP) is 21.2. The molecule has 0 radical (unpaired) electrons. The molecule has 3 heterocycles. The van der Waals surface area contributed by atoms with Crippen LogP contribution in [0.4, 0.5) is 22.7 Å². The highest BCUT2D eigenvalue weighted by Gasteiger charge is 2.55. The number of anilines is 4. The Morgan fingerprint density at radius 1 is 0.422 bits per heavy atom. The zero-order valence-corrected chi connectivity index (χ0v) is 50.9. The van der Waals surface area contributed by atoms with Gasteiger partial charge in [-0.1, -0.05) is 204 Å². The fraction of sp³-hybridized carbons (Fsp3) is 0.321. The molecule has 8 aromatic carbocycles. The maximum absolute atomic E-state index is 7.03. The van der Waals surface area contributed by atoms with Gasteiger partial charge in [0.2, 0.25) is 0 Å². The van der Waals surface area contributed by atoms with E-state index in [-0.39, 0.29) is 37.9 Å². The molecule has 13 rings (SSSR count). The fourth-order valence-electron chi connectivity index (χ4n) is 17.0. The molecule has 2 fully saturated rings. The van der Waals surface area contributed by atoms with Gasteiger partial charge in [0.05, 0.1) is 28.1 Å². The predicted molar refractivity (Wildman–Crippen MR) is 349 cm³/mol. The second-order valence-corrected chi connectivity index (χ2v) is 29.2. The highest BCUT2D eigenvalue weighted by Crippen LogP contribution is 2.65. The van der Waals surface area contributed by atoms with Gasteiger partial charge >= 0.3 is 0 Å². The van der Waals surface area contributed by atoms with Crippen LogP contribution in [0.5, 0.6) is 11.5 Å². The van der Waals surface area contributed by atoms with Crippen molar-refractivity contribution in [3.05, 3.63) is 240 Å². The van der Waals surface area contributed by atoms with E-state index in [0.29, 0.717) is 6.67 Å². The van der Waals surface area contributed by atoms with Gasteiger partial charge in [-0.15, -0.1) is 0 Å². The second kappa shape index (κ2) is 19.9. The Balaban J connectivity index is 1.01. The summed E-state index contributed by atoms with van der Waals surface area (Å²) in [6, 6.07) is 77.4. The van der Waals surface area contributed by atoms with Gasteiger partial charge in [0.25, 0.3) is 0 Å². The molecule has 2 saturated carbocycles. The molecule has 2 aliphatic carbocycles. The van der Waals surface area contributed by atoms with Crippen molar-refractivity contribution in [2.75, 3.05) is 16.5 Å². The first-order chi connectivity index (χ1) is 39.6. The number of nitrogens with zero attached hydrogens (tertiary/aromatic N) is 4. The zero-order valence-electron chi connectivity index (χ0n) is 50.9. The number of benzene rings is 8. The largest absolute Gasteiger partial charge is 0.457 e. The number of pyridine rings is 1. The van der Waals surface area contributed by atoms with E-state index < -0.39 is 0 Å². The lowest BCUT2D eigenvalue weighted by molar-refractivity contribution is 0.0606. The minimum Gasteiger partial charge on any atom is -0.457 e. The molecule has 0 saturated heterocycles. The molecule has 0 unspecified atom stereocenters. The third-order valence-electron chi connectivity index (χ3n) is 18.8.